The molecule has 3 N–H and O–H groups in total. The number of hydrogen-bond donors (Lipinski definition) is 3. The summed E-state index contributed by atoms with van der Waals surface area (Å²) in [6, 6.07) is 11.7. The molecule has 9 nitrogen and oxygen atoms in total. The number of carbonyl (C=O) groups excluding carboxylic acids is 2. The number of anilines is 2. The topological polar surface area (TPSA) is 101 Å². The molecule has 184 valence electrons. The Labute approximate surface area is 200 Å². The van der Waals surface area contributed by atoms with Gasteiger partial charge in [0.2, 0.25) is 0 Å². The van der Waals surface area contributed by atoms with Crippen molar-refractivity contribution in [1.29, 1.82) is 0 Å². The summed E-state index contributed by atoms with van der Waals surface area (Å²) >= 11 is 0. The minimum absolute atomic E-state index is 0.0909. The van der Waals surface area contributed by atoms with E-state index in [2.05, 4.69) is 22.9 Å². The third-order valence-electron chi connectivity index (χ3n) is 5.83. The molecule has 3 atom stereocenters. The Morgan fingerprint density at radius 3 is 2.44 bits per heavy atom. The molecule has 0 saturated carbocycles. The third-order valence-corrected chi connectivity index (χ3v) is 5.83. The molecule has 34 heavy (non-hydrogen) atoms. The van der Waals surface area contributed by atoms with Crippen molar-refractivity contribution in [2.24, 2.45) is 5.92 Å². The van der Waals surface area contributed by atoms with Gasteiger partial charge in [-0.2, -0.15) is 0 Å². The highest BCUT2D eigenvalue weighted by Gasteiger charge is 2.25. The largest absolute Gasteiger partial charge is 0.497 e. The van der Waals surface area contributed by atoms with Gasteiger partial charge in [-0.15, -0.1) is 0 Å². The van der Waals surface area contributed by atoms with Crippen LogP contribution in [0.3, 0.4) is 0 Å². The van der Waals surface area contributed by atoms with Gasteiger partial charge in [-0.1, -0.05) is 6.92 Å². The summed E-state index contributed by atoms with van der Waals surface area (Å²) in [7, 11) is 4.98. The summed E-state index contributed by atoms with van der Waals surface area (Å²) in [5, 5.41) is 9.00. The van der Waals surface area contributed by atoms with Crippen LogP contribution in [-0.4, -0.2) is 69.9 Å². The van der Waals surface area contributed by atoms with Crippen molar-refractivity contribution in [3.63, 3.8) is 0 Å². The number of fused-ring (bicyclic) bond motifs is 1. The van der Waals surface area contributed by atoms with Gasteiger partial charge in [-0.05, 0) is 55.3 Å². The third kappa shape index (κ3) is 6.61. The first-order valence-corrected chi connectivity index (χ1v) is 11.3. The number of ether oxygens (including phenoxy) is 3. The molecule has 2 aromatic rings. The van der Waals surface area contributed by atoms with Crippen molar-refractivity contribution >= 4 is 23.3 Å². The van der Waals surface area contributed by atoms with Crippen LogP contribution in [0.5, 0.6) is 11.5 Å². The average molecular weight is 471 g/mol. The first kappa shape index (κ1) is 25.3. The Bertz CT molecular complexity index is 982. The Balaban J connectivity index is 1.79. The summed E-state index contributed by atoms with van der Waals surface area (Å²) in [6.45, 7) is 5.72. The van der Waals surface area contributed by atoms with Crippen LogP contribution < -0.4 is 25.4 Å². The zero-order valence-corrected chi connectivity index (χ0v) is 20.4. The molecule has 0 aliphatic carbocycles. The molecule has 0 bridgehead atoms. The van der Waals surface area contributed by atoms with Gasteiger partial charge in [0.05, 0.1) is 18.8 Å². The van der Waals surface area contributed by atoms with Crippen LogP contribution in [0, 0.1) is 5.92 Å². The number of likely N-dealkylation sites (N-methyl/N-ethyl adjacent to an activating group) is 1. The molecule has 0 spiro atoms. The molecule has 1 heterocycles. The van der Waals surface area contributed by atoms with Crippen molar-refractivity contribution in [3.8, 4) is 11.5 Å². The fourth-order valence-corrected chi connectivity index (χ4v) is 3.71. The highest BCUT2D eigenvalue weighted by Crippen LogP contribution is 2.26. The molecule has 0 fully saturated rings. The molecule has 0 saturated heterocycles. The van der Waals surface area contributed by atoms with Gasteiger partial charge in [0.15, 0.2) is 0 Å². The summed E-state index contributed by atoms with van der Waals surface area (Å²) in [5.41, 5.74) is 1.47. The maximum Gasteiger partial charge on any atom is 0.323 e. The van der Waals surface area contributed by atoms with E-state index in [1.807, 2.05) is 6.92 Å². The Kier molecular flexibility index (Phi) is 8.72. The summed E-state index contributed by atoms with van der Waals surface area (Å²) in [5.74, 6) is 1.17. The van der Waals surface area contributed by atoms with Crippen LogP contribution >= 0.6 is 0 Å². The SMILES string of the molecule is COc1ccc(NC(=O)Nc2ccc3c(c2)C(=O)N(C)C[C@@H](OC)[C@@H](C)CN[C@H](C)CO3)cc1. The number of amides is 3. The molecular weight excluding hydrogens is 436 g/mol. The van der Waals surface area contributed by atoms with Gasteiger partial charge in [-0.25, -0.2) is 4.79 Å². The second-order valence-electron chi connectivity index (χ2n) is 8.58. The second kappa shape index (κ2) is 11.7. The van der Waals surface area contributed by atoms with Crippen LogP contribution in [0.15, 0.2) is 42.5 Å². The maximum atomic E-state index is 13.3. The number of urea groups is 1. The van der Waals surface area contributed by atoms with E-state index in [1.165, 1.54) is 0 Å². The number of benzene rings is 2. The predicted molar refractivity (Wildman–Crippen MR) is 132 cm³/mol. The van der Waals surface area contributed by atoms with E-state index in [1.54, 1.807) is 68.6 Å². The number of nitrogens with zero attached hydrogens (tertiary/aromatic N) is 1. The summed E-state index contributed by atoms with van der Waals surface area (Å²) < 4.78 is 16.8. The Hall–Kier alpha value is -3.30. The maximum absolute atomic E-state index is 13.3. The van der Waals surface area contributed by atoms with Crippen molar-refractivity contribution < 1.29 is 23.8 Å². The van der Waals surface area contributed by atoms with E-state index >= 15 is 0 Å². The smallest absolute Gasteiger partial charge is 0.323 e. The van der Waals surface area contributed by atoms with Crippen LogP contribution in [0.2, 0.25) is 0 Å². The minimum atomic E-state index is -0.425. The van der Waals surface area contributed by atoms with Crippen molar-refractivity contribution in [2.75, 3.05) is 51.6 Å². The van der Waals surface area contributed by atoms with E-state index in [9.17, 15) is 9.59 Å². The zero-order valence-electron chi connectivity index (χ0n) is 20.4. The standard InChI is InChI=1S/C25H34N4O5/c1-16-13-26-17(2)15-34-22-11-8-19(12-21(22)24(30)29(3)14-23(16)33-5)28-25(31)27-18-6-9-20(32-4)10-7-18/h6-12,16-17,23,26H,13-15H2,1-5H3,(H2,27,28,31)/t16-,17+,23+/m0/s1. The molecular formula is C25H34N4O5. The zero-order chi connectivity index (χ0) is 24.7. The molecule has 9 heteroatoms. The van der Waals surface area contributed by atoms with Gasteiger partial charge in [-0.3, -0.25) is 4.79 Å². The quantitative estimate of drug-likeness (QED) is 0.633. The lowest BCUT2D eigenvalue weighted by Crippen LogP contribution is -2.44. The van der Waals surface area contributed by atoms with E-state index in [0.29, 0.717) is 41.6 Å². The summed E-state index contributed by atoms with van der Waals surface area (Å²) in [6.07, 6.45) is -0.117. The molecule has 0 radical (unpaired) electrons. The Morgan fingerprint density at radius 2 is 1.76 bits per heavy atom. The van der Waals surface area contributed by atoms with E-state index in [0.717, 1.165) is 6.54 Å². The van der Waals surface area contributed by atoms with Crippen molar-refractivity contribution in [3.05, 3.63) is 48.0 Å². The lowest BCUT2D eigenvalue weighted by Gasteiger charge is -2.30. The lowest BCUT2D eigenvalue weighted by atomic mass is 10.0. The van der Waals surface area contributed by atoms with E-state index in [4.69, 9.17) is 14.2 Å². The normalized spacial score (nSPS) is 21.4. The number of rotatable bonds is 4. The number of hydrogen-bond acceptors (Lipinski definition) is 6. The molecule has 2 aromatic carbocycles. The summed E-state index contributed by atoms with van der Waals surface area (Å²) in [4.78, 5) is 27.5. The van der Waals surface area contributed by atoms with Crippen LogP contribution in [0.4, 0.5) is 16.2 Å². The van der Waals surface area contributed by atoms with Gasteiger partial charge < -0.3 is 35.1 Å². The number of methoxy groups -OCH3 is 2. The van der Waals surface area contributed by atoms with E-state index < -0.39 is 6.03 Å². The average Bonchev–Trinajstić information content (AvgIpc) is 2.84. The van der Waals surface area contributed by atoms with Gasteiger partial charge >= 0.3 is 6.03 Å². The monoisotopic (exact) mass is 470 g/mol. The first-order valence-electron chi connectivity index (χ1n) is 11.3. The van der Waals surface area contributed by atoms with Crippen LogP contribution in [-0.2, 0) is 4.74 Å². The predicted octanol–water partition coefficient (Wildman–Crippen LogP) is 3.43. The van der Waals surface area contributed by atoms with Crippen molar-refractivity contribution in [1.82, 2.24) is 10.2 Å². The molecule has 1 aliphatic rings. The van der Waals surface area contributed by atoms with Gasteiger partial charge in [0.1, 0.15) is 18.1 Å². The first-order chi connectivity index (χ1) is 16.3. The number of carbonyl (C=O) groups is 2. The highest BCUT2D eigenvalue weighted by molar-refractivity contribution is 6.02. The van der Waals surface area contributed by atoms with E-state index in [-0.39, 0.29) is 24.0 Å². The molecule has 0 unspecified atom stereocenters. The lowest BCUT2D eigenvalue weighted by molar-refractivity contribution is 0.0281. The second-order valence-corrected chi connectivity index (χ2v) is 8.58. The highest BCUT2D eigenvalue weighted by atomic mass is 16.5. The van der Waals surface area contributed by atoms with Gasteiger partial charge in [0, 0.05) is 44.7 Å². The fourth-order valence-electron chi connectivity index (χ4n) is 3.71. The minimum Gasteiger partial charge on any atom is -0.497 e. The molecule has 0 aromatic heterocycles. The fraction of sp³-hybridized carbons (Fsp3) is 0.440. The number of nitrogens with one attached hydrogen (secondary N) is 3. The molecule has 3 amide bonds. The van der Waals surface area contributed by atoms with Gasteiger partial charge in [0.25, 0.3) is 5.91 Å². The van der Waals surface area contributed by atoms with Crippen molar-refractivity contribution in [2.45, 2.75) is 26.0 Å². The molecule has 3 rings (SSSR count). The Morgan fingerprint density at radius 1 is 1.09 bits per heavy atom. The van der Waals surface area contributed by atoms with Crippen LogP contribution in [0.25, 0.3) is 0 Å². The van der Waals surface area contributed by atoms with Crippen LogP contribution in [0.1, 0.15) is 24.2 Å². The molecule has 1 aliphatic heterocycles.